The number of likely N-dealkylation sites (tertiary alicyclic amines) is 1. The summed E-state index contributed by atoms with van der Waals surface area (Å²) in [4.78, 5) is 30.3. The fourth-order valence-electron chi connectivity index (χ4n) is 11.4. The van der Waals surface area contributed by atoms with Crippen LogP contribution in [0, 0.1) is 35.5 Å². The van der Waals surface area contributed by atoms with Gasteiger partial charge in [-0.25, -0.2) is 0 Å². The van der Waals surface area contributed by atoms with Crippen LogP contribution in [-0.2, 0) is 15.1 Å². The summed E-state index contributed by atoms with van der Waals surface area (Å²) in [5.74, 6) is 4.98. The van der Waals surface area contributed by atoms with Crippen LogP contribution in [0.25, 0.3) is 0 Å². The zero-order valence-electron chi connectivity index (χ0n) is 20.3. The van der Waals surface area contributed by atoms with Crippen LogP contribution < -0.4 is 5.32 Å². The van der Waals surface area contributed by atoms with E-state index >= 15 is 0 Å². The van der Waals surface area contributed by atoms with Gasteiger partial charge in [0.05, 0.1) is 6.42 Å². The molecule has 0 aromatic heterocycles. The Labute approximate surface area is 203 Å². The zero-order valence-corrected chi connectivity index (χ0v) is 20.3. The lowest BCUT2D eigenvalue weighted by molar-refractivity contribution is -0.201. The van der Waals surface area contributed by atoms with Crippen molar-refractivity contribution in [3.63, 3.8) is 0 Å². The fraction of sp³-hybridized carbons (Fsp3) is 0.733. The van der Waals surface area contributed by atoms with Gasteiger partial charge in [-0.2, -0.15) is 0 Å². The Bertz CT molecular complexity index is 977. The highest BCUT2D eigenvalue weighted by Gasteiger charge is 2.68. The first kappa shape index (κ1) is 20.4. The van der Waals surface area contributed by atoms with E-state index in [1.807, 2.05) is 6.07 Å². The zero-order chi connectivity index (χ0) is 22.7. The Kier molecular flexibility index (Phi) is 4.00. The molecule has 1 unspecified atom stereocenters. The van der Waals surface area contributed by atoms with Crippen LogP contribution in [0.3, 0.4) is 0 Å². The molecule has 1 saturated heterocycles. The van der Waals surface area contributed by atoms with Crippen molar-refractivity contribution in [2.24, 2.45) is 35.5 Å². The summed E-state index contributed by atoms with van der Waals surface area (Å²) in [6, 6.07) is 10.4. The van der Waals surface area contributed by atoms with E-state index in [4.69, 9.17) is 0 Å². The molecular weight excluding hydrogens is 420 g/mol. The number of nitrogens with one attached hydrogen (secondary N) is 1. The molecule has 1 aliphatic heterocycles. The first-order chi connectivity index (χ1) is 16.5. The van der Waals surface area contributed by atoms with Crippen molar-refractivity contribution in [1.29, 1.82) is 0 Å². The van der Waals surface area contributed by atoms with Crippen molar-refractivity contribution in [3.8, 4) is 0 Å². The largest absolute Gasteiger partial charge is 0.348 e. The van der Waals surface area contributed by atoms with Gasteiger partial charge in [-0.05, 0) is 118 Å². The molecule has 1 aromatic carbocycles. The van der Waals surface area contributed by atoms with Crippen molar-refractivity contribution >= 4 is 11.8 Å². The molecule has 180 valence electrons. The molecule has 1 atom stereocenters. The quantitative estimate of drug-likeness (QED) is 0.633. The predicted octanol–water partition coefficient (Wildman–Crippen LogP) is 5.17. The third kappa shape index (κ3) is 2.66. The van der Waals surface area contributed by atoms with E-state index < -0.39 is 5.54 Å². The molecule has 8 aliphatic carbocycles. The minimum atomic E-state index is -0.812. The number of nitrogens with zero attached hydrogens (tertiary/aromatic N) is 1. The monoisotopic (exact) mass is 458 g/mol. The molecule has 1 aromatic rings. The highest BCUT2D eigenvalue weighted by Crippen LogP contribution is 2.63. The minimum Gasteiger partial charge on any atom is -0.348 e. The standard InChI is InChI=1S/C30H38N2O2/c33-26-18-30(25-4-2-1-3-5-25,32(26)29-15-22-9-23(16-29)11-24(10-22)17-29)27(34)31-28-12-19-6-20(13-28)8-21(7-19)14-28/h1-5,19-24H,6-18H2,(H,31,34). The number of β-lactam (4-membered cyclic amide) rings is 1. The van der Waals surface area contributed by atoms with Crippen molar-refractivity contribution in [1.82, 2.24) is 10.2 Å². The molecule has 9 fully saturated rings. The number of carbonyl (C=O) groups is 2. The molecule has 9 aliphatic rings. The molecule has 2 amide bonds. The first-order valence-corrected chi connectivity index (χ1v) is 14.2. The summed E-state index contributed by atoms with van der Waals surface area (Å²) in [5, 5.41) is 3.72. The molecule has 10 rings (SSSR count). The summed E-state index contributed by atoms with van der Waals surface area (Å²) in [6.45, 7) is 0. The molecule has 4 nitrogen and oxygen atoms in total. The molecule has 8 saturated carbocycles. The van der Waals surface area contributed by atoms with Crippen LogP contribution >= 0.6 is 0 Å². The Morgan fingerprint density at radius 1 is 0.735 bits per heavy atom. The summed E-state index contributed by atoms with van der Waals surface area (Å²) in [5.41, 5.74) is 0.0958. The van der Waals surface area contributed by atoms with Gasteiger partial charge in [-0.15, -0.1) is 0 Å². The van der Waals surface area contributed by atoms with E-state index in [1.54, 1.807) is 0 Å². The average molecular weight is 459 g/mol. The van der Waals surface area contributed by atoms with Gasteiger partial charge in [-0.1, -0.05) is 30.3 Å². The maximum Gasteiger partial charge on any atom is 0.251 e. The van der Waals surface area contributed by atoms with E-state index in [0.29, 0.717) is 6.42 Å². The maximum atomic E-state index is 14.6. The van der Waals surface area contributed by atoms with Crippen LogP contribution in [0.15, 0.2) is 30.3 Å². The number of hydrogen-bond donors (Lipinski definition) is 1. The van der Waals surface area contributed by atoms with E-state index in [9.17, 15) is 9.59 Å². The van der Waals surface area contributed by atoms with Gasteiger partial charge in [-0.3, -0.25) is 9.59 Å². The minimum absolute atomic E-state index is 0.0284. The number of benzene rings is 1. The molecule has 8 bridgehead atoms. The number of hydrogen-bond acceptors (Lipinski definition) is 2. The summed E-state index contributed by atoms with van der Waals surface area (Å²) in [6.07, 6.45) is 15.3. The summed E-state index contributed by atoms with van der Waals surface area (Å²) in [7, 11) is 0. The van der Waals surface area contributed by atoms with Gasteiger partial charge in [0, 0.05) is 11.1 Å². The van der Waals surface area contributed by atoms with Crippen LogP contribution in [0.5, 0.6) is 0 Å². The van der Waals surface area contributed by atoms with Crippen molar-refractivity contribution in [2.45, 2.75) is 100 Å². The van der Waals surface area contributed by atoms with E-state index in [-0.39, 0.29) is 22.9 Å². The number of carbonyl (C=O) groups excluding carboxylic acids is 2. The summed E-state index contributed by atoms with van der Waals surface area (Å²) < 4.78 is 0. The van der Waals surface area contributed by atoms with Gasteiger partial charge >= 0.3 is 0 Å². The molecule has 0 spiro atoms. The van der Waals surface area contributed by atoms with E-state index in [2.05, 4.69) is 34.5 Å². The molecule has 1 N–H and O–H groups in total. The number of amides is 2. The SMILES string of the molecule is O=C1CC(C(=O)NC23CC4CC(CC(C4)C2)C3)(c2ccccc2)N1C12CC3CC(CC(C3)C1)C2. The first-order valence-electron chi connectivity index (χ1n) is 14.2. The Morgan fingerprint density at radius 2 is 1.21 bits per heavy atom. The lowest BCUT2D eigenvalue weighted by Crippen LogP contribution is -2.78. The fourth-order valence-corrected chi connectivity index (χ4v) is 11.4. The second-order valence-corrected chi connectivity index (χ2v) is 13.9. The summed E-state index contributed by atoms with van der Waals surface area (Å²) >= 11 is 0. The maximum absolute atomic E-state index is 14.6. The van der Waals surface area contributed by atoms with E-state index in [1.165, 1.54) is 38.5 Å². The second kappa shape index (κ2) is 6.68. The van der Waals surface area contributed by atoms with Gasteiger partial charge in [0.2, 0.25) is 5.91 Å². The van der Waals surface area contributed by atoms with Crippen molar-refractivity contribution in [2.75, 3.05) is 0 Å². The molecule has 34 heavy (non-hydrogen) atoms. The number of rotatable bonds is 4. The van der Waals surface area contributed by atoms with E-state index in [0.717, 1.165) is 79.6 Å². The lowest BCUT2D eigenvalue weighted by atomic mass is 9.50. The Morgan fingerprint density at radius 3 is 1.68 bits per heavy atom. The Hall–Kier alpha value is -1.84. The van der Waals surface area contributed by atoms with Crippen molar-refractivity contribution in [3.05, 3.63) is 35.9 Å². The van der Waals surface area contributed by atoms with Crippen molar-refractivity contribution < 1.29 is 9.59 Å². The van der Waals surface area contributed by atoms with Gasteiger partial charge < -0.3 is 10.2 Å². The van der Waals surface area contributed by atoms with Gasteiger partial charge in [0.1, 0.15) is 0 Å². The molecule has 4 heteroatoms. The van der Waals surface area contributed by atoms with Crippen LogP contribution in [0.2, 0.25) is 0 Å². The van der Waals surface area contributed by atoms with Gasteiger partial charge in [0.25, 0.3) is 5.91 Å². The molecule has 0 radical (unpaired) electrons. The lowest BCUT2D eigenvalue weighted by Gasteiger charge is -2.67. The smallest absolute Gasteiger partial charge is 0.251 e. The van der Waals surface area contributed by atoms with Gasteiger partial charge in [0.15, 0.2) is 5.54 Å². The van der Waals surface area contributed by atoms with Crippen LogP contribution in [0.1, 0.15) is 89.0 Å². The second-order valence-electron chi connectivity index (χ2n) is 13.9. The third-order valence-corrected chi connectivity index (χ3v) is 11.6. The topological polar surface area (TPSA) is 49.4 Å². The van der Waals surface area contributed by atoms with Crippen LogP contribution in [-0.4, -0.2) is 27.8 Å². The predicted molar refractivity (Wildman–Crippen MR) is 130 cm³/mol. The molecule has 1 heterocycles. The third-order valence-electron chi connectivity index (χ3n) is 11.6. The van der Waals surface area contributed by atoms with Crippen LogP contribution in [0.4, 0.5) is 0 Å². The highest BCUT2D eigenvalue weighted by molar-refractivity contribution is 6.03. The average Bonchev–Trinajstić information content (AvgIpc) is 2.75. The Balaban J connectivity index is 1.19. The highest BCUT2D eigenvalue weighted by atomic mass is 16.2. The normalized spacial score (nSPS) is 49.9. The molecular formula is C30H38N2O2.